The van der Waals surface area contributed by atoms with Crippen molar-refractivity contribution >= 4 is 11.8 Å². The Morgan fingerprint density at radius 3 is 2.36 bits per heavy atom. The van der Waals surface area contributed by atoms with E-state index >= 15 is 0 Å². The van der Waals surface area contributed by atoms with Gasteiger partial charge in [-0.1, -0.05) is 36.8 Å². The lowest BCUT2D eigenvalue weighted by Gasteiger charge is -2.15. The van der Waals surface area contributed by atoms with Crippen LogP contribution in [0.1, 0.15) is 42.4 Å². The maximum Gasteiger partial charge on any atom is 0.341 e. The van der Waals surface area contributed by atoms with Crippen LogP contribution in [0.15, 0.2) is 24.3 Å². The van der Waals surface area contributed by atoms with Crippen LogP contribution < -0.4 is 5.32 Å². The van der Waals surface area contributed by atoms with Gasteiger partial charge in [-0.2, -0.15) is 0 Å². The van der Waals surface area contributed by atoms with Crippen LogP contribution in [0, 0.1) is 6.92 Å². The molecule has 5 nitrogen and oxygen atoms in total. The topological polar surface area (TPSA) is 75.1 Å². The molecule has 0 saturated heterocycles. The largest absolute Gasteiger partial charge is 0.477 e. The molecule has 116 valence electrons. The second-order valence-electron chi connectivity index (χ2n) is 5.54. The molecular formula is C17H21N3O2. The van der Waals surface area contributed by atoms with Crippen molar-refractivity contribution in [2.45, 2.75) is 40.2 Å². The first-order valence-corrected chi connectivity index (χ1v) is 7.40. The minimum atomic E-state index is -1.00. The molecule has 0 bridgehead atoms. The lowest BCUT2D eigenvalue weighted by atomic mass is 10.1. The molecule has 0 radical (unpaired) electrons. The zero-order chi connectivity index (χ0) is 16.3. The third-order valence-electron chi connectivity index (χ3n) is 3.27. The van der Waals surface area contributed by atoms with E-state index < -0.39 is 5.97 Å². The summed E-state index contributed by atoms with van der Waals surface area (Å²) < 4.78 is 0. The fourth-order valence-corrected chi connectivity index (χ4v) is 2.20. The van der Waals surface area contributed by atoms with Crippen LogP contribution >= 0.6 is 0 Å². The summed E-state index contributed by atoms with van der Waals surface area (Å²) in [5.41, 5.74) is 2.74. The van der Waals surface area contributed by atoms with E-state index in [2.05, 4.69) is 15.3 Å². The Balaban J connectivity index is 2.61. The molecule has 0 amide bonds. The number of carbonyl (C=O) groups is 1. The second-order valence-corrected chi connectivity index (χ2v) is 5.54. The molecular weight excluding hydrogens is 278 g/mol. The monoisotopic (exact) mass is 299 g/mol. The number of carboxylic acid groups (broad SMARTS) is 1. The van der Waals surface area contributed by atoms with Crippen molar-refractivity contribution in [1.29, 1.82) is 0 Å². The number of hydrogen-bond donors (Lipinski definition) is 2. The van der Waals surface area contributed by atoms with Gasteiger partial charge in [0.1, 0.15) is 11.4 Å². The minimum Gasteiger partial charge on any atom is -0.477 e. The first kappa shape index (κ1) is 15.9. The number of hydrogen-bond acceptors (Lipinski definition) is 4. The molecule has 0 aliphatic rings. The van der Waals surface area contributed by atoms with Crippen molar-refractivity contribution in [1.82, 2.24) is 9.97 Å². The summed E-state index contributed by atoms with van der Waals surface area (Å²) in [5, 5.41) is 12.6. The number of nitrogens with one attached hydrogen (secondary N) is 1. The molecule has 1 heterocycles. The standard InChI is InChI=1S/C17H21N3O2/c1-5-13-14(17(21)22)16(18-10(2)3)20-15(19-13)12-8-6-11(4)7-9-12/h6-10H,5H2,1-4H3,(H,21,22)(H,18,19,20). The Bertz CT molecular complexity index is 679. The lowest BCUT2D eigenvalue weighted by molar-refractivity contribution is 0.0696. The van der Waals surface area contributed by atoms with Crippen molar-refractivity contribution in [2.75, 3.05) is 5.32 Å². The summed E-state index contributed by atoms with van der Waals surface area (Å²) in [6.45, 7) is 7.81. The van der Waals surface area contributed by atoms with E-state index in [0.717, 1.165) is 11.1 Å². The molecule has 0 atom stereocenters. The van der Waals surface area contributed by atoms with Gasteiger partial charge in [-0.05, 0) is 27.2 Å². The first-order chi connectivity index (χ1) is 10.4. The molecule has 0 fully saturated rings. The van der Waals surface area contributed by atoms with Crippen LogP contribution in [-0.4, -0.2) is 27.1 Å². The predicted octanol–water partition coefficient (Wildman–Crippen LogP) is 3.53. The average molecular weight is 299 g/mol. The van der Waals surface area contributed by atoms with Crippen LogP contribution in [-0.2, 0) is 6.42 Å². The molecule has 2 N–H and O–H groups in total. The number of nitrogens with zero attached hydrogens (tertiary/aromatic N) is 2. The minimum absolute atomic E-state index is 0.0866. The highest BCUT2D eigenvalue weighted by atomic mass is 16.4. The van der Waals surface area contributed by atoms with E-state index in [0.29, 0.717) is 23.8 Å². The quantitative estimate of drug-likeness (QED) is 0.883. The van der Waals surface area contributed by atoms with Crippen molar-refractivity contribution in [2.24, 2.45) is 0 Å². The van der Waals surface area contributed by atoms with Gasteiger partial charge in [-0.3, -0.25) is 0 Å². The SMILES string of the molecule is CCc1nc(-c2ccc(C)cc2)nc(NC(C)C)c1C(=O)O. The van der Waals surface area contributed by atoms with Crippen molar-refractivity contribution in [3.8, 4) is 11.4 Å². The fraction of sp³-hybridized carbons (Fsp3) is 0.353. The smallest absolute Gasteiger partial charge is 0.341 e. The van der Waals surface area contributed by atoms with Crippen LogP contribution in [0.4, 0.5) is 5.82 Å². The number of anilines is 1. The molecule has 1 aromatic carbocycles. The summed E-state index contributed by atoms with van der Waals surface area (Å²) in [5.74, 6) is -0.0784. The zero-order valence-corrected chi connectivity index (χ0v) is 13.3. The fourth-order valence-electron chi connectivity index (χ4n) is 2.20. The number of rotatable bonds is 5. The maximum atomic E-state index is 11.6. The Labute approximate surface area is 130 Å². The van der Waals surface area contributed by atoms with Gasteiger partial charge >= 0.3 is 5.97 Å². The van der Waals surface area contributed by atoms with E-state index in [-0.39, 0.29) is 11.6 Å². The number of aromatic nitrogens is 2. The summed E-state index contributed by atoms with van der Waals surface area (Å²) >= 11 is 0. The first-order valence-electron chi connectivity index (χ1n) is 7.40. The van der Waals surface area contributed by atoms with Crippen LogP contribution in [0.2, 0.25) is 0 Å². The average Bonchev–Trinajstić information content (AvgIpc) is 2.46. The van der Waals surface area contributed by atoms with E-state index in [9.17, 15) is 9.90 Å². The second kappa shape index (κ2) is 6.56. The molecule has 5 heteroatoms. The van der Waals surface area contributed by atoms with Crippen LogP contribution in [0.25, 0.3) is 11.4 Å². The number of aromatic carboxylic acids is 1. The van der Waals surface area contributed by atoms with E-state index in [1.807, 2.05) is 52.0 Å². The van der Waals surface area contributed by atoms with Crippen molar-refractivity contribution in [3.05, 3.63) is 41.1 Å². The molecule has 0 aliphatic heterocycles. The molecule has 0 unspecified atom stereocenters. The molecule has 22 heavy (non-hydrogen) atoms. The lowest BCUT2D eigenvalue weighted by Crippen LogP contribution is -2.18. The summed E-state index contributed by atoms with van der Waals surface area (Å²) in [7, 11) is 0. The molecule has 2 rings (SSSR count). The molecule has 0 saturated carbocycles. The summed E-state index contributed by atoms with van der Waals surface area (Å²) in [6.07, 6.45) is 0.537. The number of aryl methyl sites for hydroxylation is 2. The zero-order valence-electron chi connectivity index (χ0n) is 13.3. The maximum absolute atomic E-state index is 11.6. The van der Waals surface area contributed by atoms with Crippen LogP contribution in [0.3, 0.4) is 0 Å². The van der Waals surface area contributed by atoms with E-state index in [4.69, 9.17) is 0 Å². The third kappa shape index (κ3) is 3.42. The summed E-state index contributed by atoms with van der Waals surface area (Å²) in [6, 6.07) is 7.96. The number of benzene rings is 1. The predicted molar refractivity (Wildman–Crippen MR) is 87.3 cm³/mol. The Morgan fingerprint density at radius 2 is 1.86 bits per heavy atom. The van der Waals surface area contributed by atoms with Gasteiger partial charge in [-0.25, -0.2) is 14.8 Å². The van der Waals surface area contributed by atoms with Gasteiger partial charge in [0.05, 0.1) is 5.69 Å². The Kier molecular flexibility index (Phi) is 4.75. The van der Waals surface area contributed by atoms with E-state index in [1.54, 1.807) is 0 Å². The molecule has 1 aromatic heterocycles. The van der Waals surface area contributed by atoms with Gasteiger partial charge in [0.25, 0.3) is 0 Å². The van der Waals surface area contributed by atoms with Gasteiger partial charge in [-0.15, -0.1) is 0 Å². The van der Waals surface area contributed by atoms with Gasteiger partial charge in [0.2, 0.25) is 0 Å². The van der Waals surface area contributed by atoms with Crippen LogP contribution in [0.5, 0.6) is 0 Å². The Morgan fingerprint density at radius 1 is 1.23 bits per heavy atom. The molecule has 0 spiro atoms. The van der Waals surface area contributed by atoms with Crippen molar-refractivity contribution in [3.63, 3.8) is 0 Å². The molecule has 0 aliphatic carbocycles. The highest BCUT2D eigenvalue weighted by Crippen LogP contribution is 2.24. The highest BCUT2D eigenvalue weighted by molar-refractivity contribution is 5.94. The van der Waals surface area contributed by atoms with Crippen molar-refractivity contribution < 1.29 is 9.90 Å². The van der Waals surface area contributed by atoms with Gasteiger partial charge in [0.15, 0.2) is 5.82 Å². The Hall–Kier alpha value is -2.43. The number of carboxylic acids is 1. The van der Waals surface area contributed by atoms with Gasteiger partial charge in [0, 0.05) is 11.6 Å². The van der Waals surface area contributed by atoms with E-state index in [1.165, 1.54) is 0 Å². The highest BCUT2D eigenvalue weighted by Gasteiger charge is 2.20. The molecule has 2 aromatic rings. The summed E-state index contributed by atoms with van der Waals surface area (Å²) in [4.78, 5) is 20.4. The normalized spacial score (nSPS) is 10.8. The van der Waals surface area contributed by atoms with Gasteiger partial charge < -0.3 is 10.4 Å². The third-order valence-corrected chi connectivity index (χ3v) is 3.27.